The summed E-state index contributed by atoms with van der Waals surface area (Å²) >= 11 is 2.40. The Labute approximate surface area is 99.7 Å². The summed E-state index contributed by atoms with van der Waals surface area (Å²) in [6.45, 7) is 10.7. The predicted octanol–water partition coefficient (Wildman–Crippen LogP) is 3.44. The Balaban J connectivity index is 3.15. The summed E-state index contributed by atoms with van der Waals surface area (Å²) in [4.78, 5) is 8.91. The smallest absolute Gasteiger partial charge is 0.133 e. The van der Waals surface area contributed by atoms with E-state index in [1.54, 1.807) is 0 Å². The Kier molecular flexibility index (Phi) is 3.19. The van der Waals surface area contributed by atoms with Crippen LogP contribution < -0.4 is 0 Å². The molecule has 0 unspecified atom stereocenters. The van der Waals surface area contributed by atoms with Gasteiger partial charge >= 0.3 is 0 Å². The number of hydrogen-bond donors (Lipinski definition) is 0. The summed E-state index contributed by atoms with van der Waals surface area (Å²) in [7, 11) is 0. The molecule has 0 saturated carbocycles. The molecule has 0 radical (unpaired) electrons. The fourth-order valence-electron chi connectivity index (χ4n) is 1.05. The number of rotatable bonds is 1. The lowest BCUT2D eigenvalue weighted by atomic mass is 9.95. The quantitative estimate of drug-likeness (QED) is 0.587. The molecule has 0 fully saturated rings. The first kappa shape index (κ1) is 11.9. The molecule has 1 aromatic heterocycles. The van der Waals surface area contributed by atoms with Crippen LogP contribution in [-0.4, -0.2) is 9.97 Å². The first-order valence-electron chi connectivity index (χ1n) is 4.74. The average Bonchev–Trinajstić information content (AvgIpc) is 2.01. The lowest BCUT2D eigenvalue weighted by Gasteiger charge is -2.20. The first-order chi connectivity index (χ1) is 6.21. The number of halogens is 1. The van der Waals surface area contributed by atoms with E-state index in [4.69, 9.17) is 0 Å². The van der Waals surface area contributed by atoms with Crippen LogP contribution in [0.25, 0.3) is 0 Å². The summed E-state index contributed by atoms with van der Waals surface area (Å²) in [6, 6.07) is 1.99. The molecular formula is C11H17IN2. The van der Waals surface area contributed by atoms with E-state index in [0.29, 0.717) is 0 Å². The molecule has 0 saturated heterocycles. The van der Waals surface area contributed by atoms with Gasteiger partial charge in [-0.05, 0) is 19.9 Å². The topological polar surface area (TPSA) is 25.8 Å². The van der Waals surface area contributed by atoms with Gasteiger partial charge in [0.05, 0.1) is 9.12 Å². The predicted molar refractivity (Wildman–Crippen MR) is 67.8 cm³/mol. The molecule has 1 rings (SSSR count). The van der Waals surface area contributed by atoms with Crippen LogP contribution in [0, 0.1) is 0 Å². The third-order valence-electron chi connectivity index (χ3n) is 1.94. The number of alkyl halides is 1. The summed E-state index contributed by atoms with van der Waals surface area (Å²) in [5, 5.41) is 0. The van der Waals surface area contributed by atoms with Gasteiger partial charge < -0.3 is 0 Å². The minimum atomic E-state index is 0.0257. The maximum Gasteiger partial charge on any atom is 0.133 e. The molecule has 0 aliphatic rings. The molecule has 2 nitrogen and oxygen atoms in total. The van der Waals surface area contributed by atoms with Gasteiger partial charge in [-0.3, -0.25) is 0 Å². The van der Waals surface area contributed by atoms with Gasteiger partial charge in [-0.15, -0.1) is 0 Å². The zero-order valence-corrected chi connectivity index (χ0v) is 11.6. The molecule has 0 N–H and O–H groups in total. The van der Waals surface area contributed by atoms with Crippen LogP contribution in [0.5, 0.6) is 0 Å². The van der Waals surface area contributed by atoms with E-state index in [-0.39, 0.29) is 8.84 Å². The fourth-order valence-corrected chi connectivity index (χ4v) is 1.35. The standard InChI is InChI=1S/C11H17IN2/c1-10(2,3)9-13-7-6-8(14-9)11(4,5)12/h6-7H,1-5H3. The summed E-state index contributed by atoms with van der Waals surface area (Å²) in [5.41, 5.74) is 1.12. The largest absolute Gasteiger partial charge is 0.241 e. The molecule has 0 atom stereocenters. The van der Waals surface area contributed by atoms with Crippen molar-refractivity contribution >= 4 is 22.6 Å². The van der Waals surface area contributed by atoms with Crippen molar-refractivity contribution in [2.45, 2.75) is 43.5 Å². The normalized spacial score (nSPS) is 13.0. The van der Waals surface area contributed by atoms with E-state index in [1.807, 2.05) is 12.3 Å². The van der Waals surface area contributed by atoms with Crippen molar-refractivity contribution in [3.8, 4) is 0 Å². The number of nitrogens with zero attached hydrogens (tertiary/aromatic N) is 2. The molecule has 14 heavy (non-hydrogen) atoms. The van der Waals surface area contributed by atoms with Crippen LogP contribution in [0.2, 0.25) is 0 Å². The van der Waals surface area contributed by atoms with Gasteiger partial charge in [0.25, 0.3) is 0 Å². The van der Waals surface area contributed by atoms with Crippen LogP contribution in [0.4, 0.5) is 0 Å². The highest BCUT2D eigenvalue weighted by Crippen LogP contribution is 2.29. The van der Waals surface area contributed by atoms with Gasteiger partial charge in [-0.2, -0.15) is 0 Å². The Morgan fingerprint density at radius 2 is 1.71 bits per heavy atom. The van der Waals surface area contributed by atoms with Gasteiger partial charge in [0.15, 0.2) is 0 Å². The molecule has 0 bridgehead atoms. The lowest BCUT2D eigenvalue weighted by molar-refractivity contribution is 0.537. The number of aromatic nitrogens is 2. The number of hydrogen-bond acceptors (Lipinski definition) is 2. The molecule has 1 aromatic rings. The van der Waals surface area contributed by atoms with Crippen LogP contribution in [0.3, 0.4) is 0 Å². The minimum Gasteiger partial charge on any atom is -0.241 e. The van der Waals surface area contributed by atoms with E-state index in [9.17, 15) is 0 Å². The highest BCUT2D eigenvalue weighted by atomic mass is 127. The Bertz CT molecular complexity index is 292. The maximum absolute atomic E-state index is 4.60. The van der Waals surface area contributed by atoms with E-state index in [2.05, 4.69) is 67.2 Å². The van der Waals surface area contributed by atoms with Crippen molar-refractivity contribution in [3.05, 3.63) is 23.8 Å². The summed E-state index contributed by atoms with van der Waals surface area (Å²) in [5.74, 6) is 0.916. The molecular weight excluding hydrogens is 287 g/mol. The van der Waals surface area contributed by atoms with Crippen molar-refractivity contribution in [1.82, 2.24) is 9.97 Å². The zero-order valence-electron chi connectivity index (χ0n) is 9.43. The van der Waals surface area contributed by atoms with Gasteiger partial charge in [0.2, 0.25) is 0 Å². The van der Waals surface area contributed by atoms with Crippen molar-refractivity contribution in [2.24, 2.45) is 0 Å². The van der Waals surface area contributed by atoms with E-state index in [1.165, 1.54) is 0 Å². The van der Waals surface area contributed by atoms with Crippen LogP contribution in [0.1, 0.15) is 46.1 Å². The average molecular weight is 304 g/mol. The maximum atomic E-state index is 4.60. The molecule has 0 aromatic carbocycles. The Morgan fingerprint density at radius 1 is 1.14 bits per heavy atom. The van der Waals surface area contributed by atoms with Crippen molar-refractivity contribution in [1.29, 1.82) is 0 Å². The second kappa shape index (κ2) is 3.76. The van der Waals surface area contributed by atoms with Crippen molar-refractivity contribution in [2.75, 3.05) is 0 Å². The highest BCUT2D eigenvalue weighted by molar-refractivity contribution is 14.1. The van der Waals surface area contributed by atoms with Crippen LogP contribution in [-0.2, 0) is 8.84 Å². The third-order valence-corrected chi connectivity index (χ3v) is 2.49. The molecule has 3 heteroatoms. The van der Waals surface area contributed by atoms with Crippen LogP contribution in [0.15, 0.2) is 12.3 Å². The monoisotopic (exact) mass is 304 g/mol. The lowest BCUT2D eigenvalue weighted by Crippen LogP contribution is -2.19. The fraction of sp³-hybridized carbons (Fsp3) is 0.636. The van der Waals surface area contributed by atoms with Crippen molar-refractivity contribution < 1.29 is 0 Å². The van der Waals surface area contributed by atoms with Gasteiger partial charge in [-0.1, -0.05) is 43.4 Å². The molecule has 0 aliphatic heterocycles. The summed E-state index contributed by atoms with van der Waals surface area (Å²) < 4.78 is 0.0701. The molecule has 1 heterocycles. The third kappa shape index (κ3) is 2.90. The van der Waals surface area contributed by atoms with E-state index >= 15 is 0 Å². The Morgan fingerprint density at radius 3 is 2.14 bits per heavy atom. The molecule has 0 aliphatic carbocycles. The van der Waals surface area contributed by atoms with E-state index in [0.717, 1.165) is 11.5 Å². The minimum absolute atomic E-state index is 0.0257. The second-order valence-electron chi connectivity index (χ2n) is 4.99. The highest BCUT2D eigenvalue weighted by Gasteiger charge is 2.22. The zero-order chi connectivity index (χ0) is 11.0. The van der Waals surface area contributed by atoms with Gasteiger partial charge in [0, 0.05) is 11.6 Å². The first-order valence-corrected chi connectivity index (χ1v) is 5.82. The van der Waals surface area contributed by atoms with Gasteiger partial charge in [-0.25, -0.2) is 9.97 Å². The summed E-state index contributed by atoms with van der Waals surface area (Å²) in [6.07, 6.45) is 1.85. The van der Waals surface area contributed by atoms with E-state index < -0.39 is 0 Å². The van der Waals surface area contributed by atoms with Gasteiger partial charge in [0.1, 0.15) is 5.82 Å². The van der Waals surface area contributed by atoms with Crippen molar-refractivity contribution in [3.63, 3.8) is 0 Å². The van der Waals surface area contributed by atoms with Crippen LogP contribution >= 0.6 is 22.6 Å². The SMILES string of the molecule is CC(C)(C)c1nccc(C(C)(C)I)n1. The Hall–Kier alpha value is -0.190. The molecule has 78 valence electrons. The molecule has 0 spiro atoms. The molecule has 0 amide bonds. The second-order valence-corrected chi connectivity index (χ2v) is 7.68.